The third-order valence-electron chi connectivity index (χ3n) is 2.30. The number of nitrogens with zero attached hydrogens (tertiary/aromatic N) is 4. The van der Waals surface area contributed by atoms with E-state index in [9.17, 15) is 4.79 Å². The average molecular weight is 203 g/mol. The number of rotatable bonds is 1. The van der Waals surface area contributed by atoms with E-state index in [2.05, 4.69) is 20.3 Å². The van der Waals surface area contributed by atoms with Crippen molar-refractivity contribution in [3.63, 3.8) is 0 Å². The quantitative estimate of drug-likeness (QED) is 0.389. The minimum Gasteiger partial charge on any atom is -0.310 e. The highest BCUT2D eigenvalue weighted by atomic mass is 16.2. The van der Waals surface area contributed by atoms with Crippen LogP contribution in [0, 0.1) is 0 Å². The highest BCUT2D eigenvalue weighted by molar-refractivity contribution is 5.86. The molecule has 0 aliphatic carbocycles. The molecule has 2 aliphatic rings. The van der Waals surface area contributed by atoms with Crippen molar-refractivity contribution in [2.75, 3.05) is 0 Å². The largest absolute Gasteiger partial charge is 0.310 e. The first kappa shape index (κ1) is 9.48. The monoisotopic (exact) mass is 203 g/mol. The Morgan fingerprint density at radius 2 is 2.53 bits per heavy atom. The molecule has 0 fully saturated rings. The normalized spacial score (nSPS) is 24.0. The van der Waals surface area contributed by atoms with Crippen molar-refractivity contribution in [3.8, 4) is 0 Å². The molecule has 2 aliphatic heterocycles. The van der Waals surface area contributed by atoms with E-state index in [4.69, 9.17) is 5.53 Å². The molecule has 0 saturated carbocycles. The lowest BCUT2D eigenvalue weighted by molar-refractivity contribution is -0.122. The molecule has 0 saturated heterocycles. The molecule has 1 amide bonds. The SMILES string of the molecule is [N-]=[N+]=NC1CC2=C(N=CC=CC2)NC1=O. The highest BCUT2D eigenvalue weighted by Gasteiger charge is 2.26. The van der Waals surface area contributed by atoms with E-state index in [0.29, 0.717) is 12.2 Å². The molecule has 0 radical (unpaired) electrons. The summed E-state index contributed by atoms with van der Waals surface area (Å²) >= 11 is 0. The number of hydrogen-bond donors (Lipinski definition) is 1. The zero-order valence-electron chi connectivity index (χ0n) is 7.92. The van der Waals surface area contributed by atoms with Gasteiger partial charge in [0.2, 0.25) is 5.91 Å². The van der Waals surface area contributed by atoms with Crippen molar-refractivity contribution in [2.24, 2.45) is 10.1 Å². The lowest BCUT2D eigenvalue weighted by Gasteiger charge is -2.21. The van der Waals surface area contributed by atoms with E-state index in [1.807, 2.05) is 12.2 Å². The molecule has 0 bridgehead atoms. The van der Waals surface area contributed by atoms with Crippen LogP contribution in [-0.2, 0) is 4.79 Å². The van der Waals surface area contributed by atoms with Gasteiger partial charge in [0.15, 0.2) is 0 Å². The summed E-state index contributed by atoms with van der Waals surface area (Å²) in [5, 5.41) is 6.08. The first-order chi connectivity index (χ1) is 7.31. The standard InChI is InChI=1S/C9H9N5O/c10-14-13-7-5-6-3-1-2-4-11-8(6)12-9(7)15/h1-2,4,7H,3,5H2,(H,12,15). The van der Waals surface area contributed by atoms with Gasteiger partial charge in [0, 0.05) is 11.1 Å². The fourth-order valence-corrected chi connectivity index (χ4v) is 1.56. The second kappa shape index (κ2) is 3.98. The Labute approximate surface area is 86.0 Å². The molecule has 0 aromatic carbocycles. The Balaban J connectivity index is 2.28. The van der Waals surface area contributed by atoms with Crippen LogP contribution < -0.4 is 5.32 Å². The van der Waals surface area contributed by atoms with Gasteiger partial charge in [-0.1, -0.05) is 11.2 Å². The fourth-order valence-electron chi connectivity index (χ4n) is 1.56. The van der Waals surface area contributed by atoms with Gasteiger partial charge in [-0.2, -0.15) is 0 Å². The predicted molar refractivity (Wildman–Crippen MR) is 55.0 cm³/mol. The Kier molecular flexibility index (Phi) is 2.51. The van der Waals surface area contributed by atoms with E-state index in [1.165, 1.54) is 0 Å². The van der Waals surface area contributed by atoms with Gasteiger partial charge in [-0.05, 0) is 30.0 Å². The van der Waals surface area contributed by atoms with Gasteiger partial charge in [0.1, 0.15) is 11.9 Å². The van der Waals surface area contributed by atoms with Gasteiger partial charge in [0.25, 0.3) is 0 Å². The molecule has 0 aromatic rings. The maximum atomic E-state index is 11.4. The number of amides is 1. The van der Waals surface area contributed by atoms with Crippen LogP contribution in [-0.4, -0.2) is 18.2 Å². The van der Waals surface area contributed by atoms with Gasteiger partial charge in [-0.3, -0.25) is 4.79 Å². The van der Waals surface area contributed by atoms with Crippen LogP contribution in [0.2, 0.25) is 0 Å². The molecule has 1 unspecified atom stereocenters. The summed E-state index contributed by atoms with van der Waals surface area (Å²) in [4.78, 5) is 18.2. The second-order valence-electron chi connectivity index (χ2n) is 3.28. The smallest absolute Gasteiger partial charge is 0.234 e. The summed E-state index contributed by atoms with van der Waals surface area (Å²) in [7, 11) is 0. The molecular weight excluding hydrogens is 194 g/mol. The summed E-state index contributed by atoms with van der Waals surface area (Å²) < 4.78 is 0. The van der Waals surface area contributed by atoms with Crippen molar-refractivity contribution >= 4 is 12.1 Å². The van der Waals surface area contributed by atoms with Crippen molar-refractivity contribution in [3.05, 3.63) is 34.0 Å². The van der Waals surface area contributed by atoms with Gasteiger partial charge in [-0.25, -0.2) is 4.99 Å². The van der Waals surface area contributed by atoms with Crippen LogP contribution in [0.25, 0.3) is 10.4 Å². The minimum absolute atomic E-state index is 0.286. The minimum atomic E-state index is -0.643. The Bertz CT molecular complexity index is 428. The van der Waals surface area contributed by atoms with Crippen LogP contribution in [0.4, 0.5) is 0 Å². The molecular formula is C9H9N5O. The van der Waals surface area contributed by atoms with E-state index in [-0.39, 0.29) is 5.91 Å². The van der Waals surface area contributed by atoms with Crippen molar-refractivity contribution in [1.82, 2.24) is 5.32 Å². The van der Waals surface area contributed by atoms with Gasteiger partial charge < -0.3 is 5.32 Å². The third kappa shape index (κ3) is 1.89. The molecule has 0 spiro atoms. The lowest BCUT2D eigenvalue weighted by Crippen LogP contribution is -2.37. The predicted octanol–water partition coefficient (Wildman–Crippen LogP) is 1.43. The number of hydrogen-bond acceptors (Lipinski definition) is 3. The number of allylic oxidation sites excluding steroid dienone is 2. The summed E-state index contributed by atoms with van der Waals surface area (Å²) in [6.45, 7) is 0. The Morgan fingerprint density at radius 3 is 3.33 bits per heavy atom. The van der Waals surface area contributed by atoms with Gasteiger partial charge in [-0.15, -0.1) is 0 Å². The molecule has 2 rings (SSSR count). The zero-order valence-corrected chi connectivity index (χ0v) is 7.92. The second-order valence-corrected chi connectivity index (χ2v) is 3.28. The van der Waals surface area contributed by atoms with Crippen LogP contribution >= 0.6 is 0 Å². The molecule has 0 aromatic heterocycles. The number of aliphatic imine (C=N–C) groups is 1. The van der Waals surface area contributed by atoms with E-state index in [0.717, 1.165) is 12.0 Å². The summed E-state index contributed by atoms with van der Waals surface area (Å²) in [5.74, 6) is 0.306. The Morgan fingerprint density at radius 1 is 1.67 bits per heavy atom. The van der Waals surface area contributed by atoms with Crippen LogP contribution in [0.15, 0.2) is 33.7 Å². The summed E-state index contributed by atoms with van der Waals surface area (Å²) in [6.07, 6.45) is 6.60. The lowest BCUT2D eigenvalue weighted by atomic mass is 10.00. The van der Waals surface area contributed by atoms with Crippen LogP contribution in [0.1, 0.15) is 12.8 Å². The number of azide groups is 1. The maximum absolute atomic E-state index is 11.4. The number of carbonyl (C=O) groups is 1. The van der Waals surface area contributed by atoms with E-state index in [1.54, 1.807) is 6.21 Å². The van der Waals surface area contributed by atoms with Crippen molar-refractivity contribution < 1.29 is 4.79 Å². The Hall–Kier alpha value is -2.07. The number of carbonyl (C=O) groups excluding carboxylic acids is 1. The summed E-state index contributed by atoms with van der Waals surface area (Å²) in [5.41, 5.74) is 9.30. The molecule has 6 nitrogen and oxygen atoms in total. The molecule has 1 atom stereocenters. The molecule has 76 valence electrons. The maximum Gasteiger partial charge on any atom is 0.234 e. The number of nitrogens with one attached hydrogen (secondary N) is 1. The first-order valence-electron chi connectivity index (χ1n) is 4.57. The van der Waals surface area contributed by atoms with Gasteiger partial charge >= 0.3 is 0 Å². The zero-order chi connectivity index (χ0) is 10.7. The third-order valence-corrected chi connectivity index (χ3v) is 2.30. The molecule has 15 heavy (non-hydrogen) atoms. The van der Waals surface area contributed by atoms with E-state index >= 15 is 0 Å². The highest BCUT2D eigenvalue weighted by Crippen LogP contribution is 2.23. The van der Waals surface area contributed by atoms with Crippen LogP contribution in [0.5, 0.6) is 0 Å². The van der Waals surface area contributed by atoms with Gasteiger partial charge in [0.05, 0.1) is 0 Å². The first-order valence-corrected chi connectivity index (χ1v) is 4.57. The van der Waals surface area contributed by atoms with Crippen molar-refractivity contribution in [1.29, 1.82) is 0 Å². The van der Waals surface area contributed by atoms with Crippen LogP contribution in [0.3, 0.4) is 0 Å². The topological polar surface area (TPSA) is 90.2 Å². The fraction of sp³-hybridized carbons (Fsp3) is 0.333. The molecule has 2 heterocycles. The summed E-state index contributed by atoms with van der Waals surface area (Å²) in [6, 6.07) is -0.643. The van der Waals surface area contributed by atoms with Crippen molar-refractivity contribution in [2.45, 2.75) is 18.9 Å². The van der Waals surface area contributed by atoms with E-state index < -0.39 is 6.04 Å². The molecule has 6 heteroatoms. The molecule has 1 N–H and O–H groups in total. The average Bonchev–Trinajstić information content (AvgIpc) is 2.44.